The van der Waals surface area contributed by atoms with E-state index in [1.807, 2.05) is 0 Å². The Balaban J connectivity index is 2.86. The highest BCUT2D eigenvalue weighted by Crippen LogP contribution is 2.26. The fraction of sp³-hybridized carbons (Fsp3) is 0.727. The van der Waals surface area contributed by atoms with Crippen molar-refractivity contribution in [1.82, 2.24) is 4.90 Å². The molecule has 0 aromatic heterocycles. The standard InChI is InChI=1S/C11H17NO6/c1-11(2,3)18-10(17)12-5-4-6(8(13)14)7(12)9(15)16/h6-7H,4-5H2,1-3H3,(H,13,14)(H,15,16)/t6-,7+/m1/s1. The largest absolute Gasteiger partial charge is 0.481 e. The first kappa shape index (κ1) is 14.3. The highest BCUT2D eigenvalue weighted by atomic mass is 16.6. The Kier molecular flexibility index (Phi) is 3.83. The third-order valence-corrected chi connectivity index (χ3v) is 2.60. The van der Waals surface area contributed by atoms with E-state index in [1.165, 1.54) is 0 Å². The lowest BCUT2D eigenvalue weighted by Gasteiger charge is -2.27. The molecule has 1 fully saturated rings. The SMILES string of the molecule is CC(C)(C)OC(=O)N1CC[C@@H](C(=O)O)[C@H]1C(=O)O. The van der Waals surface area contributed by atoms with E-state index in [-0.39, 0.29) is 13.0 Å². The Morgan fingerprint density at radius 3 is 2.11 bits per heavy atom. The van der Waals surface area contributed by atoms with Crippen molar-refractivity contribution >= 4 is 18.0 Å². The van der Waals surface area contributed by atoms with Gasteiger partial charge in [0.15, 0.2) is 0 Å². The fourth-order valence-electron chi connectivity index (χ4n) is 1.88. The molecule has 0 unspecified atom stereocenters. The minimum atomic E-state index is -1.36. The fourth-order valence-corrected chi connectivity index (χ4v) is 1.88. The third-order valence-electron chi connectivity index (χ3n) is 2.60. The van der Waals surface area contributed by atoms with Crippen molar-refractivity contribution in [1.29, 1.82) is 0 Å². The van der Waals surface area contributed by atoms with E-state index in [0.717, 1.165) is 4.90 Å². The van der Waals surface area contributed by atoms with Crippen LogP contribution in [0.2, 0.25) is 0 Å². The van der Waals surface area contributed by atoms with E-state index >= 15 is 0 Å². The zero-order chi connectivity index (χ0) is 14.1. The van der Waals surface area contributed by atoms with Gasteiger partial charge >= 0.3 is 18.0 Å². The molecule has 7 nitrogen and oxygen atoms in total. The smallest absolute Gasteiger partial charge is 0.411 e. The molecule has 1 aliphatic heterocycles. The number of rotatable bonds is 2. The monoisotopic (exact) mass is 259 g/mol. The topological polar surface area (TPSA) is 104 Å². The Labute approximate surface area is 104 Å². The van der Waals surface area contributed by atoms with Gasteiger partial charge in [-0.05, 0) is 27.2 Å². The van der Waals surface area contributed by atoms with Gasteiger partial charge < -0.3 is 14.9 Å². The molecule has 1 rings (SSSR count). The highest BCUT2D eigenvalue weighted by molar-refractivity contribution is 5.87. The zero-order valence-electron chi connectivity index (χ0n) is 10.5. The van der Waals surface area contributed by atoms with Crippen LogP contribution < -0.4 is 0 Å². The van der Waals surface area contributed by atoms with E-state index < -0.39 is 35.6 Å². The number of aliphatic carboxylic acids is 2. The number of amides is 1. The summed E-state index contributed by atoms with van der Waals surface area (Å²) >= 11 is 0. The molecule has 18 heavy (non-hydrogen) atoms. The molecule has 0 spiro atoms. The van der Waals surface area contributed by atoms with Crippen LogP contribution in [-0.2, 0) is 14.3 Å². The van der Waals surface area contributed by atoms with Crippen molar-refractivity contribution in [2.24, 2.45) is 5.92 Å². The molecule has 1 aliphatic rings. The van der Waals surface area contributed by atoms with Crippen LogP contribution in [0.15, 0.2) is 0 Å². The van der Waals surface area contributed by atoms with Crippen LogP contribution in [0.3, 0.4) is 0 Å². The van der Waals surface area contributed by atoms with Gasteiger partial charge in [-0.1, -0.05) is 0 Å². The van der Waals surface area contributed by atoms with Crippen molar-refractivity contribution in [3.63, 3.8) is 0 Å². The van der Waals surface area contributed by atoms with Gasteiger partial charge in [0, 0.05) is 6.54 Å². The maximum absolute atomic E-state index is 11.8. The first-order chi connectivity index (χ1) is 8.13. The number of carboxylic acids is 2. The maximum Gasteiger partial charge on any atom is 0.411 e. The summed E-state index contributed by atoms with van der Waals surface area (Å²) in [5.41, 5.74) is -0.749. The number of ether oxygens (including phenoxy) is 1. The number of hydrogen-bond donors (Lipinski definition) is 2. The van der Waals surface area contributed by atoms with Crippen molar-refractivity contribution in [2.45, 2.75) is 38.8 Å². The Morgan fingerprint density at radius 2 is 1.72 bits per heavy atom. The lowest BCUT2D eigenvalue weighted by molar-refractivity contribution is -0.151. The summed E-state index contributed by atoms with van der Waals surface area (Å²) in [6.45, 7) is 5.05. The van der Waals surface area contributed by atoms with Crippen LogP contribution >= 0.6 is 0 Å². The van der Waals surface area contributed by atoms with Crippen LogP contribution in [0.5, 0.6) is 0 Å². The molecule has 102 valence electrons. The van der Waals surface area contributed by atoms with Crippen LogP contribution in [0.25, 0.3) is 0 Å². The summed E-state index contributed by atoms with van der Waals surface area (Å²) < 4.78 is 5.06. The quantitative estimate of drug-likeness (QED) is 0.759. The minimum absolute atomic E-state index is 0.0723. The lowest BCUT2D eigenvalue weighted by Crippen LogP contribution is -2.46. The summed E-state index contributed by atoms with van der Waals surface area (Å²) in [7, 11) is 0. The number of nitrogens with zero attached hydrogens (tertiary/aromatic N) is 1. The third kappa shape index (κ3) is 3.12. The average Bonchev–Trinajstić information content (AvgIpc) is 2.58. The van der Waals surface area contributed by atoms with Crippen LogP contribution in [-0.4, -0.2) is 51.3 Å². The summed E-state index contributed by atoms with van der Waals surface area (Å²) in [6.07, 6.45) is -0.676. The second-order valence-corrected chi connectivity index (χ2v) is 5.19. The molecular formula is C11H17NO6. The number of hydrogen-bond acceptors (Lipinski definition) is 4. The van der Waals surface area contributed by atoms with E-state index in [9.17, 15) is 14.4 Å². The van der Waals surface area contributed by atoms with Gasteiger partial charge in [-0.25, -0.2) is 9.59 Å². The summed E-state index contributed by atoms with van der Waals surface area (Å²) in [6, 6.07) is -1.36. The molecule has 1 saturated heterocycles. The molecule has 7 heteroatoms. The summed E-state index contributed by atoms with van der Waals surface area (Å²) in [4.78, 5) is 34.8. The number of carbonyl (C=O) groups excluding carboxylic acids is 1. The van der Waals surface area contributed by atoms with Crippen molar-refractivity contribution in [3.05, 3.63) is 0 Å². The van der Waals surface area contributed by atoms with Gasteiger partial charge in [-0.15, -0.1) is 0 Å². The number of carboxylic acid groups (broad SMARTS) is 2. The summed E-state index contributed by atoms with van der Waals surface area (Å²) in [5.74, 6) is -3.63. The van der Waals surface area contributed by atoms with E-state index in [1.54, 1.807) is 20.8 Å². The predicted octanol–water partition coefficient (Wildman–Crippen LogP) is 0.781. The van der Waals surface area contributed by atoms with E-state index in [0.29, 0.717) is 0 Å². The van der Waals surface area contributed by atoms with Gasteiger partial charge in [-0.3, -0.25) is 9.69 Å². The van der Waals surface area contributed by atoms with Crippen molar-refractivity contribution in [3.8, 4) is 0 Å². The zero-order valence-corrected chi connectivity index (χ0v) is 10.5. The minimum Gasteiger partial charge on any atom is -0.481 e. The number of carbonyl (C=O) groups is 3. The number of likely N-dealkylation sites (tertiary alicyclic amines) is 1. The predicted molar refractivity (Wildman–Crippen MR) is 60.1 cm³/mol. The van der Waals surface area contributed by atoms with Crippen LogP contribution in [0.1, 0.15) is 27.2 Å². The molecule has 0 aromatic carbocycles. The van der Waals surface area contributed by atoms with Crippen molar-refractivity contribution in [2.75, 3.05) is 6.54 Å². The second-order valence-electron chi connectivity index (χ2n) is 5.19. The van der Waals surface area contributed by atoms with Crippen LogP contribution in [0.4, 0.5) is 4.79 Å². The molecule has 2 atom stereocenters. The van der Waals surface area contributed by atoms with Gasteiger partial charge in [0.25, 0.3) is 0 Å². The second kappa shape index (κ2) is 4.83. The van der Waals surface area contributed by atoms with E-state index in [4.69, 9.17) is 14.9 Å². The molecule has 0 radical (unpaired) electrons. The first-order valence-electron chi connectivity index (χ1n) is 5.58. The van der Waals surface area contributed by atoms with E-state index in [2.05, 4.69) is 0 Å². The molecule has 0 saturated carbocycles. The molecule has 2 N–H and O–H groups in total. The molecule has 0 aromatic rings. The lowest BCUT2D eigenvalue weighted by atomic mass is 10.0. The molecule has 0 aliphatic carbocycles. The normalized spacial score (nSPS) is 23.8. The first-order valence-corrected chi connectivity index (χ1v) is 5.58. The van der Waals surface area contributed by atoms with Gasteiger partial charge in [0.1, 0.15) is 11.6 Å². The molecular weight excluding hydrogens is 242 g/mol. The van der Waals surface area contributed by atoms with Gasteiger partial charge in [0.2, 0.25) is 0 Å². The molecule has 1 amide bonds. The Hall–Kier alpha value is -1.79. The Bertz CT molecular complexity index is 372. The summed E-state index contributed by atoms with van der Waals surface area (Å²) in [5, 5.41) is 18.0. The van der Waals surface area contributed by atoms with Crippen LogP contribution in [0, 0.1) is 5.92 Å². The van der Waals surface area contributed by atoms with Gasteiger partial charge in [0.05, 0.1) is 5.92 Å². The molecule has 0 bridgehead atoms. The maximum atomic E-state index is 11.8. The average molecular weight is 259 g/mol. The van der Waals surface area contributed by atoms with Gasteiger partial charge in [-0.2, -0.15) is 0 Å². The molecule has 1 heterocycles. The Morgan fingerprint density at radius 1 is 1.17 bits per heavy atom. The van der Waals surface area contributed by atoms with Crippen molar-refractivity contribution < 1.29 is 29.3 Å². The highest BCUT2D eigenvalue weighted by Gasteiger charge is 2.47.